The molecule has 7 nitrogen and oxygen atoms in total. The summed E-state index contributed by atoms with van der Waals surface area (Å²) in [7, 11) is 0. The van der Waals surface area contributed by atoms with Crippen LogP contribution in [0.25, 0.3) is 11.0 Å². The highest BCUT2D eigenvalue weighted by Crippen LogP contribution is 2.38. The highest BCUT2D eigenvalue weighted by Gasteiger charge is 2.24. The van der Waals surface area contributed by atoms with E-state index in [1.165, 1.54) is 25.7 Å². The Bertz CT molecular complexity index is 1000. The quantitative estimate of drug-likeness (QED) is 0.674. The van der Waals surface area contributed by atoms with Crippen molar-refractivity contribution >= 4 is 40.1 Å². The first-order valence-electron chi connectivity index (χ1n) is 10.4. The van der Waals surface area contributed by atoms with Gasteiger partial charge in [-0.05, 0) is 31.9 Å². The van der Waals surface area contributed by atoms with Crippen LogP contribution in [0.15, 0.2) is 24.5 Å². The van der Waals surface area contributed by atoms with Crippen LogP contribution in [0.3, 0.4) is 0 Å². The van der Waals surface area contributed by atoms with Crippen molar-refractivity contribution in [3.05, 3.63) is 35.2 Å². The molecule has 0 unspecified atom stereocenters. The summed E-state index contributed by atoms with van der Waals surface area (Å²) in [5.74, 6) is 1.29. The lowest BCUT2D eigenvalue weighted by atomic mass is 10.2. The van der Waals surface area contributed by atoms with Gasteiger partial charge in [0, 0.05) is 44.1 Å². The van der Waals surface area contributed by atoms with Crippen molar-refractivity contribution in [1.82, 2.24) is 24.8 Å². The Labute approximate surface area is 175 Å². The highest BCUT2D eigenvalue weighted by molar-refractivity contribution is 6.36. The van der Waals surface area contributed by atoms with E-state index in [1.54, 1.807) is 0 Å². The minimum atomic E-state index is 0.476. The van der Waals surface area contributed by atoms with Crippen LogP contribution < -0.4 is 15.5 Å². The second-order valence-corrected chi connectivity index (χ2v) is 8.28. The van der Waals surface area contributed by atoms with Crippen LogP contribution in [0.2, 0.25) is 5.02 Å². The van der Waals surface area contributed by atoms with E-state index >= 15 is 0 Å². The van der Waals surface area contributed by atoms with Gasteiger partial charge in [0.1, 0.15) is 11.5 Å². The Morgan fingerprint density at radius 2 is 1.90 bits per heavy atom. The van der Waals surface area contributed by atoms with Gasteiger partial charge < -0.3 is 20.1 Å². The van der Waals surface area contributed by atoms with E-state index in [2.05, 4.69) is 43.1 Å². The number of pyridine rings is 1. The molecule has 4 heterocycles. The number of nitrogens with one attached hydrogen (secondary N) is 2. The lowest BCUT2D eigenvalue weighted by molar-refractivity contribution is 0.522. The first kappa shape index (κ1) is 18.6. The van der Waals surface area contributed by atoms with Crippen molar-refractivity contribution in [2.75, 3.05) is 36.4 Å². The molecule has 0 spiro atoms. The molecule has 2 fully saturated rings. The largest absolute Gasteiger partial charge is 0.368 e. The molecule has 0 bridgehead atoms. The molecule has 0 atom stereocenters. The Morgan fingerprint density at radius 1 is 1.10 bits per heavy atom. The SMILES string of the molecule is Cc1c(Cl)c2cnc(Nc3ccc(N4CCNCC4)cn3)nc2n1C1CCCC1. The number of halogens is 1. The number of nitrogens with zero attached hydrogens (tertiary/aromatic N) is 5. The molecule has 1 aliphatic carbocycles. The Balaban J connectivity index is 1.41. The van der Waals surface area contributed by atoms with Gasteiger partial charge in [0.2, 0.25) is 5.95 Å². The second-order valence-electron chi connectivity index (χ2n) is 7.90. The van der Waals surface area contributed by atoms with Crippen LogP contribution in [0.5, 0.6) is 0 Å². The summed E-state index contributed by atoms with van der Waals surface area (Å²) in [6.45, 7) is 6.11. The van der Waals surface area contributed by atoms with Crippen LogP contribution in [0.1, 0.15) is 37.4 Å². The zero-order valence-corrected chi connectivity index (χ0v) is 17.4. The maximum atomic E-state index is 6.59. The average molecular weight is 412 g/mol. The average Bonchev–Trinajstić information content (AvgIpc) is 3.36. The van der Waals surface area contributed by atoms with Crippen molar-refractivity contribution in [3.63, 3.8) is 0 Å². The number of aromatic nitrogens is 4. The fraction of sp³-hybridized carbons (Fsp3) is 0.476. The molecule has 2 aliphatic rings. The van der Waals surface area contributed by atoms with Gasteiger partial charge in [0.25, 0.3) is 0 Å². The van der Waals surface area contributed by atoms with Gasteiger partial charge in [-0.2, -0.15) is 4.98 Å². The summed E-state index contributed by atoms with van der Waals surface area (Å²) in [4.78, 5) is 16.2. The summed E-state index contributed by atoms with van der Waals surface area (Å²) in [5.41, 5.74) is 3.14. The number of anilines is 3. The zero-order chi connectivity index (χ0) is 19.8. The molecule has 29 heavy (non-hydrogen) atoms. The van der Waals surface area contributed by atoms with Gasteiger partial charge in [-0.25, -0.2) is 9.97 Å². The van der Waals surface area contributed by atoms with E-state index in [0.29, 0.717) is 12.0 Å². The molecule has 3 aromatic heterocycles. The molecule has 152 valence electrons. The van der Waals surface area contributed by atoms with Gasteiger partial charge in [0.15, 0.2) is 0 Å². The normalized spacial score (nSPS) is 17.9. The molecule has 3 aromatic rings. The topological polar surface area (TPSA) is 70.9 Å². The fourth-order valence-electron chi connectivity index (χ4n) is 4.52. The fourth-order valence-corrected chi connectivity index (χ4v) is 4.75. The molecule has 8 heteroatoms. The van der Waals surface area contributed by atoms with Gasteiger partial charge in [-0.1, -0.05) is 24.4 Å². The Morgan fingerprint density at radius 3 is 2.62 bits per heavy atom. The minimum Gasteiger partial charge on any atom is -0.368 e. The smallest absolute Gasteiger partial charge is 0.230 e. The van der Waals surface area contributed by atoms with Gasteiger partial charge >= 0.3 is 0 Å². The maximum Gasteiger partial charge on any atom is 0.230 e. The number of piperazine rings is 1. The number of hydrogen-bond acceptors (Lipinski definition) is 6. The third-order valence-corrected chi connectivity index (χ3v) is 6.55. The summed E-state index contributed by atoms with van der Waals surface area (Å²) in [5, 5.41) is 8.30. The minimum absolute atomic E-state index is 0.476. The van der Waals surface area contributed by atoms with Crippen molar-refractivity contribution in [2.45, 2.75) is 38.6 Å². The lowest BCUT2D eigenvalue weighted by Gasteiger charge is -2.29. The van der Waals surface area contributed by atoms with Crippen molar-refractivity contribution in [1.29, 1.82) is 0 Å². The summed E-state index contributed by atoms with van der Waals surface area (Å²) in [6.07, 6.45) is 8.63. The van der Waals surface area contributed by atoms with E-state index < -0.39 is 0 Å². The summed E-state index contributed by atoms with van der Waals surface area (Å²) >= 11 is 6.59. The van der Waals surface area contributed by atoms with E-state index in [1.807, 2.05) is 18.5 Å². The van der Waals surface area contributed by atoms with Gasteiger partial charge in [-0.3, -0.25) is 0 Å². The Kier molecular flexibility index (Phi) is 5.01. The van der Waals surface area contributed by atoms with E-state index in [4.69, 9.17) is 16.6 Å². The first-order valence-corrected chi connectivity index (χ1v) is 10.8. The predicted octanol–water partition coefficient (Wildman–Crippen LogP) is 4.06. The molecule has 1 saturated carbocycles. The van der Waals surface area contributed by atoms with Crippen molar-refractivity contribution < 1.29 is 0 Å². The molecule has 1 saturated heterocycles. The van der Waals surface area contributed by atoms with Crippen molar-refractivity contribution in [3.8, 4) is 0 Å². The molecule has 2 N–H and O–H groups in total. The molecular formula is C21H26ClN7. The maximum absolute atomic E-state index is 6.59. The standard InChI is InChI=1S/C21H26ClN7/c1-14-19(22)17-13-25-21(27-20(17)29(14)15-4-2-3-5-15)26-18-7-6-16(12-24-18)28-10-8-23-9-11-28/h6-7,12-13,15,23H,2-5,8-11H2,1H3,(H,24,25,26,27). The van der Waals surface area contributed by atoms with Crippen LogP contribution >= 0.6 is 11.6 Å². The number of hydrogen-bond donors (Lipinski definition) is 2. The molecule has 0 aromatic carbocycles. The molecule has 0 amide bonds. The third kappa shape index (κ3) is 3.53. The third-order valence-electron chi connectivity index (χ3n) is 6.07. The zero-order valence-electron chi connectivity index (χ0n) is 16.7. The van der Waals surface area contributed by atoms with E-state index in [0.717, 1.165) is 59.4 Å². The van der Waals surface area contributed by atoms with E-state index in [9.17, 15) is 0 Å². The molecule has 1 aliphatic heterocycles. The van der Waals surface area contributed by atoms with Crippen LogP contribution in [-0.4, -0.2) is 45.7 Å². The molecule has 0 radical (unpaired) electrons. The Hall–Kier alpha value is -2.38. The molecule has 5 rings (SSSR count). The van der Waals surface area contributed by atoms with Crippen molar-refractivity contribution in [2.24, 2.45) is 0 Å². The predicted molar refractivity (Wildman–Crippen MR) is 117 cm³/mol. The second kappa shape index (κ2) is 7.80. The number of rotatable bonds is 4. The van der Waals surface area contributed by atoms with Crippen LogP contribution in [0, 0.1) is 6.92 Å². The molecular weight excluding hydrogens is 386 g/mol. The van der Waals surface area contributed by atoms with Crippen LogP contribution in [-0.2, 0) is 0 Å². The van der Waals surface area contributed by atoms with E-state index in [-0.39, 0.29) is 0 Å². The van der Waals surface area contributed by atoms with Crippen LogP contribution in [0.4, 0.5) is 17.5 Å². The lowest BCUT2D eigenvalue weighted by Crippen LogP contribution is -2.43. The number of fused-ring (bicyclic) bond motifs is 1. The summed E-state index contributed by atoms with van der Waals surface area (Å²) in [6, 6.07) is 4.56. The monoisotopic (exact) mass is 411 g/mol. The summed E-state index contributed by atoms with van der Waals surface area (Å²) < 4.78 is 2.30. The highest BCUT2D eigenvalue weighted by atomic mass is 35.5. The van der Waals surface area contributed by atoms with Gasteiger partial charge in [0.05, 0.1) is 22.3 Å². The first-order chi connectivity index (χ1) is 14.2. The van der Waals surface area contributed by atoms with Gasteiger partial charge in [-0.15, -0.1) is 0 Å².